The molecule has 0 spiro atoms. The number of nitrogens with one attached hydrogen (secondary N) is 2. The van der Waals surface area contributed by atoms with E-state index in [0.29, 0.717) is 5.82 Å². The molecule has 18 heavy (non-hydrogen) atoms. The van der Waals surface area contributed by atoms with Gasteiger partial charge in [-0.3, -0.25) is 4.79 Å². The van der Waals surface area contributed by atoms with Gasteiger partial charge in [0, 0.05) is 6.20 Å². The molecule has 1 amide bonds. The van der Waals surface area contributed by atoms with Crippen LogP contribution in [0.2, 0.25) is 0 Å². The Bertz CT molecular complexity index is 453. The van der Waals surface area contributed by atoms with Crippen molar-refractivity contribution in [3.63, 3.8) is 0 Å². The van der Waals surface area contributed by atoms with E-state index >= 15 is 0 Å². The first kappa shape index (κ1) is 12.6. The quantitative estimate of drug-likeness (QED) is 0.563. The van der Waals surface area contributed by atoms with Gasteiger partial charge in [-0.25, -0.2) is 10.8 Å². The Morgan fingerprint density at radius 1 is 1.39 bits per heavy atom. The lowest BCUT2D eigenvalue weighted by molar-refractivity contribution is -0.163. The Kier molecular flexibility index (Phi) is 2.89. The fourth-order valence-electron chi connectivity index (χ4n) is 1.51. The van der Waals surface area contributed by atoms with Crippen LogP contribution in [-0.4, -0.2) is 22.6 Å². The zero-order chi connectivity index (χ0) is 13.4. The minimum absolute atomic E-state index is 0.0597. The fraction of sp³-hybridized carbons (Fsp3) is 0.400. The molecule has 1 heterocycles. The third-order valence-corrected chi connectivity index (χ3v) is 2.82. The van der Waals surface area contributed by atoms with E-state index in [1.807, 2.05) is 5.32 Å². The lowest BCUT2D eigenvalue weighted by atomic mass is 10.2. The number of hydrogen-bond acceptors (Lipinski definition) is 4. The van der Waals surface area contributed by atoms with Crippen LogP contribution in [0.3, 0.4) is 0 Å². The lowest BCUT2D eigenvalue weighted by Gasteiger charge is -2.20. The maximum atomic E-state index is 12.6. The molecule has 0 bridgehead atoms. The van der Waals surface area contributed by atoms with Gasteiger partial charge >= 0.3 is 6.18 Å². The molecule has 0 unspecified atom stereocenters. The van der Waals surface area contributed by atoms with Crippen LogP contribution in [0.15, 0.2) is 18.3 Å². The molecule has 5 nitrogen and oxygen atoms in total. The molecule has 1 aromatic heterocycles. The first-order valence-electron chi connectivity index (χ1n) is 5.20. The second-order valence-electron chi connectivity index (χ2n) is 4.11. The van der Waals surface area contributed by atoms with Gasteiger partial charge in [0.1, 0.15) is 11.4 Å². The summed E-state index contributed by atoms with van der Waals surface area (Å²) in [6.45, 7) is 0. The number of rotatable bonds is 3. The van der Waals surface area contributed by atoms with Crippen LogP contribution in [-0.2, 0) is 0 Å². The summed E-state index contributed by atoms with van der Waals surface area (Å²) in [5.41, 5.74) is 0.254. The number of aromatic nitrogens is 1. The molecule has 0 aromatic carbocycles. The molecular weight excluding hydrogens is 249 g/mol. The molecule has 8 heteroatoms. The van der Waals surface area contributed by atoms with E-state index in [-0.39, 0.29) is 18.4 Å². The van der Waals surface area contributed by atoms with Crippen molar-refractivity contribution >= 4 is 11.7 Å². The monoisotopic (exact) mass is 260 g/mol. The number of pyridine rings is 1. The molecule has 98 valence electrons. The highest BCUT2D eigenvalue weighted by Crippen LogP contribution is 2.49. The second-order valence-corrected chi connectivity index (χ2v) is 4.11. The summed E-state index contributed by atoms with van der Waals surface area (Å²) in [7, 11) is 0. The van der Waals surface area contributed by atoms with Crippen LogP contribution in [0.1, 0.15) is 23.2 Å². The first-order chi connectivity index (χ1) is 8.38. The number of anilines is 1. The largest absolute Gasteiger partial charge is 0.411 e. The van der Waals surface area contributed by atoms with Gasteiger partial charge in [-0.15, -0.1) is 0 Å². The molecular formula is C10H11F3N4O. The number of nitrogen functional groups attached to an aromatic ring is 1. The third kappa shape index (κ3) is 2.23. The van der Waals surface area contributed by atoms with E-state index in [4.69, 9.17) is 5.84 Å². The smallest absolute Gasteiger partial charge is 0.338 e. The maximum absolute atomic E-state index is 12.6. The Balaban J connectivity index is 2.08. The number of nitrogens with zero attached hydrogens (tertiary/aromatic N) is 1. The van der Waals surface area contributed by atoms with Crippen molar-refractivity contribution in [1.29, 1.82) is 0 Å². The van der Waals surface area contributed by atoms with Gasteiger partial charge < -0.3 is 10.7 Å². The highest BCUT2D eigenvalue weighted by Gasteiger charge is 2.64. The van der Waals surface area contributed by atoms with Crippen LogP contribution in [0, 0.1) is 0 Å². The standard InChI is InChI=1S/C10H11F3N4O/c11-10(12,13)9(3-4-9)16-8(18)6-1-2-7(17-14)15-5-6/h1-2,5H,3-4,14H2,(H,15,17)(H,16,18). The number of carbonyl (C=O) groups is 1. The normalized spacial score (nSPS) is 17.1. The van der Waals surface area contributed by atoms with Gasteiger partial charge in [-0.2, -0.15) is 13.2 Å². The Morgan fingerprint density at radius 3 is 2.44 bits per heavy atom. The van der Waals surface area contributed by atoms with E-state index in [0.717, 1.165) is 6.20 Å². The molecule has 1 aliphatic carbocycles. The molecule has 0 aliphatic heterocycles. The van der Waals surface area contributed by atoms with E-state index in [9.17, 15) is 18.0 Å². The summed E-state index contributed by atoms with van der Waals surface area (Å²) >= 11 is 0. The van der Waals surface area contributed by atoms with E-state index < -0.39 is 17.6 Å². The Morgan fingerprint density at radius 2 is 2.06 bits per heavy atom. The summed E-state index contributed by atoms with van der Waals surface area (Å²) in [6.07, 6.45) is -3.43. The average Bonchev–Trinajstić information content (AvgIpc) is 3.09. The topological polar surface area (TPSA) is 80.0 Å². The Hall–Kier alpha value is -1.83. The zero-order valence-electron chi connectivity index (χ0n) is 9.21. The van der Waals surface area contributed by atoms with Crippen molar-refractivity contribution in [3.05, 3.63) is 23.9 Å². The van der Waals surface area contributed by atoms with Gasteiger partial charge in [0.25, 0.3) is 5.91 Å². The molecule has 1 aliphatic rings. The fourth-order valence-corrected chi connectivity index (χ4v) is 1.51. The van der Waals surface area contributed by atoms with Crippen LogP contribution in [0.5, 0.6) is 0 Å². The zero-order valence-corrected chi connectivity index (χ0v) is 9.21. The highest BCUT2D eigenvalue weighted by atomic mass is 19.4. The van der Waals surface area contributed by atoms with Gasteiger partial charge in [-0.1, -0.05) is 0 Å². The van der Waals surface area contributed by atoms with Gasteiger partial charge in [-0.05, 0) is 25.0 Å². The average molecular weight is 260 g/mol. The van der Waals surface area contributed by atoms with Gasteiger partial charge in [0.15, 0.2) is 0 Å². The molecule has 1 saturated carbocycles. The minimum atomic E-state index is -4.42. The summed E-state index contributed by atoms with van der Waals surface area (Å²) in [5.74, 6) is 4.61. The van der Waals surface area contributed by atoms with Crippen molar-refractivity contribution in [1.82, 2.24) is 10.3 Å². The molecule has 1 fully saturated rings. The Labute approximate surface area is 101 Å². The van der Waals surface area contributed by atoms with Crippen LogP contribution >= 0.6 is 0 Å². The van der Waals surface area contributed by atoms with Crippen molar-refractivity contribution in [2.75, 3.05) is 5.43 Å². The van der Waals surface area contributed by atoms with Gasteiger partial charge in [0.2, 0.25) is 0 Å². The van der Waals surface area contributed by atoms with Crippen molar-refractivity contribution < 1.29 is 18.0 Å². The third-order valence-electron chi connectivity index (χ3n) is 2.82. The van der Waals surface area contributed by atoms with Crippen molar-refractivity contribution in [2.24, 2.45) is 5.84 Å². The second kappa shape index (κ2) is 4.13. The minimum Gasteiger partial charge on any atom is -0.338 e. The number of alkyl halides is 3. The number of halogens is 3. The molecule has 1 aromatic rings. The van der Waals surface area contributed by atoms with Crippen molar-refractivity contribution in [3.8, 4) is 0 Å². The number of hydrazine groups is 1. The molecule has 4 N–H and O–H groups in total. The molecule has 0 saturated heterocycles. The number of amides is 1. The molecule has 0 atom stereocenters. The lowest BCUT2D eigenvalue weighted by Crippen LogP contribution is -2.47. The van der Waals surface area contributed by atoms with Crippen LogP contribution in [0.4, 0.5) is 19.0 Å². The molecule has 2 rings (SSSR count). The summed E-state index contributed by atoms with van der Waals surface area (Å²) in [5, 5.41) is 2.01. The predicted octanol–water partition coefficient (Wildman–Crippen LogP) is 1.19. The summed E-state index contributed by atoms with van der Waals surface area (Å²) in [4.78, 5) is 15.4. The van der Waals surface area contributed by atoms with Gasteiger partial charge in [0.05, 0.1) is 5.56 Å². The highest BCUT2D eigenvalue weighted by molar-refractivity contribution is 5.94. The predicted molar refractivity (Wildman–Crippen MR) is 57.5 cm³/mol. The molecule has 0 radical (unpaired) electrons. The van der Waals surface area contributed by atoms with E-state index in [1.165, 1.54) is 12.1 Å². The number of carbonyl (C=O) groups excluding carboxylic acids is 1. The maximum Gasteiger partial charge on any atom is 0.411 e. The summed E-state index contributed by atoms with van der Waals surface area (Å²) in [6, 6.07) is 2.76. The summed E-state index contributed by atoms with van der Waals surface area (Å²) < 4.78 is 37.9. The van der Waals surface area contributed by atoms with Crippen LogP contribution < -0.4 is 16.6 Å². The van der Waals surface area contributed by atoms with E-state index in [2.05, 4.69) is 10.4 Å². The van der Waals surface area contributed by atoms with Crippen molar-refractivity contribution in [2.45, 2.75) is 24.6 Å². The SMILES string of the molecule is NNc1ccc(C(=O)NC2(C(F)(F)F)CC2)cn1. The first-order valence-corrected chi connectivity index (χ1v) is 5.20. The number of nitrogens with two attached hydrogens (primary N) is 1. The van der Waals surface area contributed by atoms with Crippen LogP contribution in [0.25, 0.3) is 0 Å². The van der Waals surface area contributed by atoms with E-state index in [1.54, 1.807) is 0 Å². The number of hydrogen-bond donors (Lipinski definition) is 3.